The first-order chi connectivity index (χ1) is 10.7. The van der Waals surface area contributed by atoms with Crippen molar-refractivity contribution in [3.05, 3.63) is 23.0 Å². The number of ether oxygens (including phenoxy) is 1. The third kappa shape index (κ3) is 4.43. The van der Waals surface area contributed by atoms with Gasteiger partial charge in [-0.15, -0.1) is 11.8 Å². The van der Waals surface area contributed by atoms with E-state index in [2.05, 4.69) is 19.6 Å². The van der Waals surface area contributed by atoms with E-state index in [0.717, 1.165) is 0 Å². The first-order valence-electron chi connectivity index (χ1n) is 6.56. The second-order valence-electron chi connectivity index (χ2n) is 4.85. The second kappa shape index (κ2) is 7.16. The van der Waals surface area contributed by atoms with E-state index in [0.29, 0.717) is 22.6 Å². The van der Waals surface area contributed by atoms with Gasteiger partial charge in [0.15, 0.2) is 0 Å². The van der Waals surface area contributed by atoms with Gasteiger partial charge in [-0.1, -0.05) is 0 Å². The zero-order valence-electron chi connectivity index (χ0n) is 12.4. The number of pyridine rings is 1. The second-order valence-corrected chi connectivity index (χ2v) is 7.23. The number of methoxy groups -OCH3 is 1. The predicted octanol–water partition coefficient (Wildman–Crippen LogP) is 0.582. The number of phosphoric ester groups is 1. The SMILES string of the molecule is COC(=O)[C@@H]1CS[C@H](c2c(COP(=O)(O)O)cnc(C)c2O)N1. The van der Waals surface area contributed by atoms with E-state index in [1.165, 1.54) is 25.1 Å². The van der Waals surface area contributed by atoms with Crippen molar-refractivity contribution in [2.24, 2.45) is 0 Å². The molecule has 0 aromatic carbocycles. The zero-order valence-corrected chi connectivity index (χ0v) is 14.1. The van der Waals surface area contributed by atoms with E-state index in [9.17, 15) is 14.5 Å². The standard InChI is InChI=1S/C12H17N2O7PS/c1-6-10(15)9(7(3-13-6)4-21-22(17,18)19)11-14-8(5-23-11)12(16)20-2/h3,8,11,14-15H,4-5H2,1-2H3,(H2,17,18,19)/t8-,11+/m0/s1. The van der Waals surface area contributed by atoms with E-state index in [1.807, 2.05) is 0 Å². The number of aromatic hydroxyl groups is 1. The van der Waals surface area contributed by atoms with Gasteiger partial charge in [-0.3, -0.25) is 19.6 Å². The number of esters is 1. The number of rotatable bonds is 5. The highest BCUT2D eigenvalue weighted by Crippen LogP contribution is 2.43. The monoisotopic (exact) mass is 364 g/mol. The van der Waals surface area contributed by atoms with Crippen LogP contribution in [0.15, 0.2) is 6.20 Å². The van der Waals surface area contributed by atoms with Crippen molar-refractivity contribution in [2.75, 3.05) is 12.9 Å². The van der Waals surface area contributed by atoms with Crippen LogP contribution in [0.4, 0.5) is 0 Å². The lowest BCUT2D eigenvalue weighted by atomic mass is 10.1. The van der Waals surface area contributed by atoms with Gasteiger partial charge in [0.2, 0.25) is 0 Å². The molecule has 2 rings (SSSR count). The molecule has 1 fully saturated rings. The summed E-state index contributed by atoms with van der Waals surface area (Å²) in [4.78, 5) is 33.2. The summed E-state index contributed by atoms with van der Waals surface area (Å²) in [6.07, 6.45) is 1.38. The molecular formula is C12H17N2O7PS. The van der Waals surface area contributed by atoms with Crippen LogP contribution in [0.1, 0.15) is 22.2 Å². The number of aromatic nitrogens is 1. The minimum absolute atomic E-state index is 0.104. The van der Waals surface area contributed by atoms with Crippen LogP contribution in [0.5, 0.6) is 5.75 Å². The Bertz CT molecular complexity index is 651. The molecule has 0 aliphatic carbocycles. The summed E-state index contributed by atoms with van der Waals surface area (Å²) in [6.45, 7) is 1.19. The summed E-state index contributed by atoms with van der Waals surface area (Å²) < 4.78 is 20.0. The molecule has 23 heavy (non-hydrogen) atoms. The molecule has 1 aromatic rings. The predicted molar refractivity (Wildman–Crippen MR) is 81.6 cm³/mol. The van der Waals surface area contributed by atoms with Crippen LogP contribution in [-0.2, 0) is 25.2 Å². The first-order valence-corrected chi connectivity index (χ1v) is 9.13. The summed E-state index contributed by atoms with van der Waals surface area (Å²) in [7, 11) is -3.37. The van der Waals surface area contributed by atoms with Crippen LogP contribution in [0.25, 0.3) is 0 Å². The molecule has 0 spiro atoms. The molecule has 11 heteroatoms. The number of nitrogens with one attached hydrogen (secondary N) is 1. The van der Waals surface area contributed by atoms with Crippen LogP contribution in [0.3, 0.4) is 0 Å². The number of hydrogen-bond acceptors (Lipinski definition) is 8. The minimum Gasteiger partial charge on any atom is -0.506 e. The summed E-state index contributed by atoms with van der Waals surface area (Å²) in [6, 6.07) is -0.529. The molecule has 128 valence electrons. The molecule has 0 saturated carbocycles. The van der Waals surface area contributed by atoms with Crippen LogP contribution in [0, 0.1) is 6.92 Å². The van der Waals surface area contributed by atoms with Gasteiger partial charge in [0.05, 0.1) is 24.8 Å². The Morgan fingerprint density at radius 3 is 2.87 bits per heavy atom. The maximum atomic E-state index is 11.6. The molecule has 2 atom stereocenters. The highest BCUT2D eigenvalue weighted by atomic mass is 32.2. The van der Waals surface area contributed by atoms with Crippen molar-refractivity contribution in [3.63, 3.8) is 0 Å². The van der Waals surface area contributed by atoms with Gasteiger partial charge in [0, 0.05) is 23.1 Å². The van der Waals surface area contributed by atoms with Gasteiger partial charge in [0.1, 0.15) is 11.8 Å². The molecule has 0 radical (unpaired) electrons. The molecule has 2 heterocycles. The summed E-state index contributed by atoms with van der Waals surface area (Å²) >= 11 is 1.37. The topological polar surface area (TPSA) is 138 Å². The number of phosphoric acid groups is 1. The summed E-state index contributed by atoms with van der Waals surface area (Å²) in [5.41, 5.74) is 1.08. The molecule has 9 nitrogen and oxygen atoms in total. The zero-order chi connectivity index (χ0) is 17.2. The number of nitrogens with zero attached hydrogens (tertiary/aromatic N) is 1. The first kappa shape index (κ1) is 18.2. The molecule has 0 amide bonds. The smallest absolute Gasteiger partial charge is 0.469 e. The van der Waals surface area contributed by atoms with Crippen molar-refractivity contribution >= 4 is 25.6 Å². The lowest BCUT2D eigenvalue weighted by Gasteiger charge is -2.19. The fourth-order valence-electron chi connectivity index (χ4n) is 2.13. The van der Waals surface area contributed by atoms with Gasteiger partial charge >= 0.3 is 13.8 Å². The Labute approximate surface area is 136 Å². The average molecular weight is 364 g/mol. The van der Waals surface area contributed by atoms with Crippen molar-refractivity contribution in [1.29, 1.82) is 0 Å². The van der Waals surface area contributed by atoms with Crippen molar-refractivity contribution < 1.29 is 33.5 Å². The molecular weight excluding hydrogens is 347 g/mol. The number of hydrogen-bond donors (Lipinski definition) is 4. The van der Waals surface area contributed by atoms with Gasteiger partial charge in [-0.05, 0) is 6.92 Å². The van der Waals surface area contributed by atoms with E-state index in [4.69, 9.17) is 9.79 Å². The van der Waals surface area contributed by atoms with Crippen LogP contribution in [-0.4, -0.2) is 44.8 Å². The van der Waals surface area contributed by atoms with Crippen molar-refractivity contribution in [2.45, 2.75) is 24.9 Å². The minimum atomic E-state index is -4.65. The molecule has 1 aromatic heterocycles. The van der Waals surface area contributed by atoms with E-state index < -0.39 is 31.8 Å². The highest BCUT2D eigenvalue weighted by molar-refractivity contribution is 7.99. The molecule has 1 saturated heterocycles. The quantitative estimate of drug-likeness (QED) is 0.433. The van der Waals surface area contributed by atoms with Gasteiger partial charge in [-0.25, -0.2) is 4.57 Å². The van der Waals surface area contributed by atoms with Crippen LogP contribution < -0.4 is 5.32 Å². The number of aryl methyl sites for hydroxylation is 1. The molecule has 1 aliphatic heterocycles. The number of carbonyl (C=O) groups is 1. The Kier molecular flexibility index (Phi) is 5.66. The fraction of sp³-hybridized carbons (Fsp3) is 0.500. The third-order valence-corrected chi connectivity index (χ3v) is 4.97. The lowest BCUT2D eigenvalue weighted by molar-refractivity contribution is -0.142. The summed E-state index contributed by atoms with van der Waals surface area (Å²) in [5, 5.41) is 12.8. The van der Waals surface area contributed by atoms with Crippen LogP contribution in [0.2, 0.25) is 0 Å². The highest BCUT2D eigenvalue weighted by Gasteiger charge is 2.34. The largest absolute Gasteiger partial charge is 0.506 e. The average Bonchev–Trinajstić information content (AvgIpc) is 2.96. The van der Waals surface area contributed by atoms with Gasteiger partial charge < -0.3 is 19.6 Å². The maximum Gasteiger partial charge on any atom is 0.469 e. The van der Waals surface area contributed by atoms with E-state index >= 15 is 0 Å². The summed E-state index contributed by atoms with van der Waals surface area (Å²) in [5.74, 6) is -0.0812. The normalized spacial score (nSPS) is 21.4. The third-order valence-electron chi connectivity index (χ3n) is 3.28. The Balaban J connectivity index is 2.28. The Hall–Kier alpha value is -1.16. The maximum absolute atomic E-state index is 11.6. The number of thioether (sulfide) groups is 1. The van der Waals surface area contributed by atoms with Gasteiger partial charge in [0.25, 0.3) is 0 Å². The van der Waals surface area contributed by atoms with Gasteiger partial charge in [-0.2, -0.15) is 0 Å². The van der Waals surface area contributed by atoms with Crippen molar-refractivity contribution in [1.82, 2.24) is 10.3 Å². The van der Waals surface area contributed by atoms with Crippen molar-refractivity contribution in [3.8, 4) is 5.75 Å². The Morgan fingerprint density at radius 2 is 2.26 bits per heavy atom. The van der Waals surface area contributed by atoms with E-state index in [-0.39, 0.29) is 5.75 Å². The van der Waals surface area contributed by atoms with Crippen LogP contribution >= 0.6 is 19.6 Å². The fourth-order valence-corrected chi connectivity index (χ4v) is 3.74. The van der Waals surface area contributed by atoms with E-state index in [1.54, 1.807) is 6.92 Å². The molecule has 0 bridgehead atoms. The lowest BCUT2D eigenvalue weighted by Crippen LogP contribution is -2.35. The molecule has 1 aliphatic rings. The molecule has 4 N–H and O–H groups in total. The number of carbonyl (C=O) groups excluding carboxylic acids is 1. The molecule has 0 unspecified atom stereocenters. The Morgan fingerprint density at radius 1 is 1.57 bits per heavy atom.